The molecule has 1 heterocycles. The number of anilines is 1. The first-order valence-corrected chi connectivity index (χ1v) is 15.8. The zero-order chi connectivity index (χ0) is 30.3. The average Bonchev–Trinajstić information content (AvgIpc) is 2.93. The maximum Gasteiger partial charge on any atom is 0.258 e. The predicted octanol–water partition coefficient (Wildman–Crippen LogP) is 4.18. The highest BCUT2D eigenvalue weighted by atomic mass is 32.2. The first-order valence-electron chi connectivity index (χ1n) is 14.4. The third-order valence-electron chi connectivity index (χ3n) is 7.72. The molecule has 9 nitrogen and oxygen atoms in total. The Morgan fingerprint density at radius 2 is 1.76 bits per heavy atom. The van der Waals surface area contributed by atoms with Gasteiger partial charge in [0.2, 0.25) is 10.0 Å². The SMILES string of the molecule is Cc1ccc(S(=O)(=O)N(C)C[C@H]2OCCCC[C@H](C)Oc3ccc(N(C)C)cc3C(=O)N([C@H](C)CO)C[C@H]2C)cc1. The molecular weight excluding hydrogens is 542 g/mol. The number of aryl methyl sites for hydroxylation is 1. The van der Waals surface area contributed by atoms with Gasteiger partial charge in [-0.1, -0.05) is 24.6 Å². The Bertz CT molecular complexity index is 1250. The smallest absolute Gasteiger partial charge is 0.258 e. The zero-order valence-corrected chi connectivity index (χ0v) is 26.4. The van der Waals surface area contributed by atoms with Crippen LogP contribution < -0.4 is 9.64 Å². The molecule has 0 bridgehead atoms. The van der Waals surface area contributed by atoms with Crippen LogP contribution in [0.25, 0.3) is 0 Å². The van der Waals surface area contributed by atoms with Crippen molar-refractivity contribution < 1.29 is 27.8 Å². The van der Waals surface area contributed by atoms with Gasteiger partial charge in [0.15, 0.2) is 0 Å². The summed E-state index contributed by atoms with van der Waals surface area (Å²) in [6.45, 7) is 8.32. The third kappa shape index (κ3) is 8.44. The fourth-order valence-electron chi connectivity index (χ4n) is 4.89. The highest BCUT2D eigenvalue weighted by Crippen LogP contribution is 2.29. The maximum atomic E-state index is 14.1. The second-order valence-electron chi connectivity index (χ2n) is 11.5. The number of hydrogen-bond acceptors (Lipinski definition) is 7. The quantitative estimate of drug-likeness (QED) is 0.517. The topological polar surface area (TPSA) is 99.6 Å². The van der Waals surface area contributed by atoms with Gasteiger partial charge in [-0.05, 0) is 70.4 Å². The van der Waals surface area contributed by atoms with Crippen molar-refractivity contribution in [1.82, 2.24) is 9.21 Å². The van der Waals surface area contributed by atoms with E-state index in [1.165, 1.54) is 4.31 Å². The van der Waals surface area contributed by atoms with Gasteiger partial charge in [0, 0.05) is 52.4 Å². The molecule has 0 aliphatic carbocycles. The highest BCUT2D eigenvalue weighted by Gasteiger charge is 2.32. The lowest BCUT2D eigenvalue weighted by Gasteiger charge is -2.35. The number of amides is 1. The van der Waals surface area contributed by atoms with Gasteiger partial charge in [-0.2, -0.15) is 4.31 Å². The molecule has 0 fully saturated rings. The molecule has 41 heavy (non-hydrogen) atoms. The summed E-state index contributed by atoms with van der Waals surface area (Å²) in [4.78, 5) is 17.9. The molecule has 0 unspecified atom stereocenters. The minimum absolute atomic E-state index is 0.112. The van der Waals surface area contributed by atoms with Crippen LogP contribution in [-0.4, -0.2) is 94.3 Å². The Hall–Kier alpha value is -2.66. The molecule has 1 aliphatic rings. The first-order chi connectivity index (χ1) is 19.3. The summed E-state index contributed by atoms with van der Waals surface area (Å²) in [5.41, 5.74) is 2.28. The summed E-state index contributed by atoms with van der Waals surface area (Å²) in [5, 5.41) is 10.1. The van der Waals surface area contributed by atoms with Gasteiger partial charge in [-0.25, -0.2) is 8.42 Å². The van der Waals surface area contributed by atoms with Gasteiger partial charge in [-0.15, -0.1) is 0 Å². The fourth-order valence-corrected chi connectivity index (χ4v) is 6.08. The molecule has 1 aliphatic heterocycles. The second-order valence-corrected chi connectivity index (χ2v) is 13.5. The Morgan fingerprint density at radius 1 is 1.07 bits per heavy atom. The highest BCUT2D eigenvalue weighted by molar-refractivity contribution is 7.89. The van der Waals surface area contributed by atoms with Gasteiger partial charge < -0.3 is 24.4 Å². The van der Waals surface area contributed by atoms with Gasteiger partial charge in [0.05, 0.1) is 35.3 Å². The second kappa shape index (κ2) is 14.5. The molecule has 2 aromatic rings. The molecule has 0 spiro atoms. The molecular formula is C31H47N3O6S. The van der Waals surface area contributed by atoms with Crippen LogP contribution >= 0.6 is 0 Å². The van der Waals surface area contributed by atoms with Crippen molar-refractivity contribution in [2.45, 2.75) is 70.1 Å². The number of fused-ring (bicyclic) bond motifs is 1. The molecule has 1 N–H and O–H groups in total. The molecule has 4 atom stereocenters. The summed E-state index contributed by atoms with van der Waals surface area (Å²) in [5.74, 6) is 0.0392. The summed E-state index contributed by atoms with van der Waals surface area (Å²) < 4.78 is 40.6. The number of carbonyl (C=O) groups is 1. The number of sulfonamides is 1. The van der Waals surface area contributed by atoms with Crippen molar-refractivity contribution in [2.24, 2.45) is 5.92 Å². The molecule has 3 rings (SSSR count). The van der Waals surface area contributed by atoms with Gasteiger partial charge in [0.1, 0.15) is 5.75 Å². The molecule has 228 valence electrons. The zero-order valence-electron chi connectivity index (χ0n) is 25.5. The number of rotatable bonds is 7. The molecule has 0 radical (unpaired) electrons. The molecule has 0 saturated carbocycles. The van der Waals surface area contributed by atoms with E-state index in [9.17, 15) is 18.3 Å². The van der Waals surface area contributed by atoms with Crippen molar-refractivity contribution in [2.75, 3.05) is 52.3 Å². The van der Waals surface area contributed by atoms with E-state index in [-0.39, 0.29) is 42.5 Å². The molecule has 0 aromatic heterocycles. The van der Waals surface area contributed by atoms with E-state index in [1.54, 1.807) is 43.1 Å². The molecule has 1 amide bonds. The number of aliphatic hydroxyl groups is 1. The molecule has 0 saturated heterocycles. The predicted molar refractivity (Wildman–Crippen MR) is 162 cm³/mol. The van der Waals surface area contributed by atoms with E-state index in [1.807, 2.05) is 58.0 Å². The number of likely N-dealkylation sites (N-methyl/N-ethyl adjacent to an activating group) is 1. The summed E-state index contributed by atoms with van der Waals surface area (Å²) in [6, 6.07) is 11.9. The van der Waals surface area contributed by atoms with Crippen LogP contribution in [0, 0.1) is 12.8 Å². The van der Waals surface area contributed by atoms with Gasteiger partial charge in [-0.3, -0.25) is 4.79 Å². The maximum absolute atomic E-state index is 14.1. The van der Waals surface area contributed by atoms with Crippen LogP contribution in [0.4, 0.5) is 5.69 Å². The summed E-state index contributed by atoms with van der Waals surface area (Å²) in [7, 11) is 1.66. The standard InChI is InChI=1S/C31H47N3O6S/c1-22-11-14-27(15-12-22)41(37,38)33(7)20-30-23(2)19-34(24(3)21-35)31(36)28-18-26(32(5)6)13-16-29(28)40-25(4)10-8-9-17-39-30/h11-16,18,23-25,30,35H,8-10,17,19-21H2,1-7H3/t23-,24-,25+,30-/m1/s1. The minimum atomic E-state index is -3.73. The minimum Gasteiger partial charge on any atom is -0.490 e. The Kier molecular flexibility index (Phi) is 11.6. The number of hydrogen-bond donors (Lipinski definition) is 1. The van der Waals surface area contributed by atoms with Gasteiger partial charge >= 0.3 is 0 Å². The largest absolute Gasteiger partial charge is 0.490 e. The van der Waals surface area contributed by atoms with E-state index in [0.29, 0.717) is 17.9 Å². The summed E-state index contributed by atoms with van der Waals surface area (Å²) >= 11 is 0. The first kappa shape index (κ1) is 32.8. The number of nitrogens with zero attached hydrogens (tertiary/aromatic N) is 3. The average molecular weight is 590 g/mol. The van der Waals surface area contributed by atoms with Crippen LogP contribution in [0.15, 0.2) is 47.4 Å². The van der Waals surface area contributed by atoms with E-state index >= 15 is 0 Å². The number of aliphatic hydroxyl groups excluding tert-OH is 1. The van der Waals surface area contributed by atoms with E-state index in [4.69, 9.17) is 9.47 Å². The van der Waals surface area contributed by atoms with Crippen molar-refractivity contribution in [3.8, 4) is 5.75 Å². The lowest BCUT2D eigenvalue weighted by Crippen LogP contribution is -2.48. The molecule has 10 heteroatoms. The van der Waals surface area contributed by atoms with Crippen molar-refractivity contribution in [3.05, 3.63) is 53.6 Å². The third-order valence-corrected chi connectivity index (χ3v) is 9.56. The number of ether oxygens (including phenoxy) is 2. The van der Waals surface area contributed by atoms with Gasteiger partial charge in [0.25, 0.3) is 5.91 Å². The monoisotopic (exact) mass is 589 g/mol. The van der Waals surface area contributed by atoms with Crippen LogP contribution in [0.1, 0.15) is 56.0 Å². The molecule has 2 aromatic carbocycles. The lowest BCUT2D eigenvalue weighted by atomic mass is 10.0. The Labute approximate surface area is 246 Å². The summed E-state index contributed by atoms with van der Waals surface area (Å²) in [6.07, 6.45) is 1.87. The normalized spacial score (nSPS) is 22.0. The van der Waals surface area contributed by atoms with E-state index in [2.05, 4.69) is 0 Å². The van der Waals surface area contributed by atoms with Crippen LogP contribution in [0.3, 0.4) is 0 Å². The lowest BCUT2D eigenvalue weighted by molar-refractivity contribution is -0.00833. The van der Waals surface area contributed by atoms with Crippen LogP contribution in [0.2, 0.25) is 0 Å². The van der Waals surface area contributed by atoms with Crippen molar-refractivity contribution >= 4 is 21.6 Å². The van der Waals surface area contributed by atoms with Crippen LogP contribution in [0.5, 0.6) is 5.75 Å². The number of benzene rings is 2. The van der Waals surface area contributed by atoms with E-state index < -0.39 is 22.2 Å². The number of carbonyl (C=O) groups excluding carboxylic acids is 1. The van der Waals surface area contributed by atoms with E-state index in [0.717, 1.165) is 30.5 Å². The van der Waals surface area contributed by atoms with Crippen molar-refractivity contribution in [1.29, 1.82) is 0 Å². The Balaban J connectivity index is 1.96. The Morgan fingerprint density at radius 3 is 2.39 bits per heavy atom. The van der Waals surface area contributed by atoms with Crippen LogP contribution in [-0.2, 0) is 14.8 Å². The fraction of sp³-hybridized carbons (Fsp3) is 0.581. The van der Waals surface area contributed by atoms with Crippen molar-refractivity contribution in [3.63, 3.8) is 0 Å².